The van der Waals surface area contributed by atoms with Gasteiger partial charge in [-0.25, -0.2) is 0 Å². The van der Waals surface area contributed by atoms with Crippen LogP contribution < -0.4 is 5.73 Å². The summed E-state index contributed by atoms with van der Waals surface area (Å²) in [7, 11) is 0. The molecule has 0 unspecified atom stereocenters. The lowest BCUT2D eigenvalue weighted by Gasteiger charge is -2.14. The van der Waals surface area contributed by atoms with Gasteiger partial charge < -0.3 is 15.9 Å². The molecular formula is C16H15NO5. The summed E-state index contributed by atoms with van der Waals surface area (Å²) in [6.45, 7) is 0. The van der Waals surface area contributed by atoms with Crippen LogP contribution in [0, 0.1) is 0 Å². The molecule has 0 aliphatic heterocycles. The van der Waals surface area contributed by atoms with Crippen molar-refractivity contribution in [3.05, 3.63) is 53.3 Å². The molecule has 0 radical (unpaired) electrons. The molecule has 0 bridgehead atoms. The minimum absolute atomic E-state index is 0.0933. The molecule has 0 fully saturated rings. The highest BCUT2D eigenvalue weighted by Crippen LogP contribution is 2.18. The van der Waals surface area contributed by atoms with Crippen molar-refractivity contribution in [1.82, 2.24) is 0 Å². The third-order valence-corrected chi connectivity index (χ3v) is 3.32. The van der Waals surface area contributed by atoms with Crippen molar-refractivity contribution in [2.45, 2.75) is 18.9 Å². The second-order valence-corrected chi connectivity index (χ2v) is 5.05. The number of allylic oxidation sites excluding steroid dienone is 3. The summed E-state index contributed by atoms with van der Waals surface area (Å²) in [5.41, 5.74) is 6.69. The van der Waals surface area contributed by atoms with Crippen LogP contribution >= 0.6 is 0 Å². The van der Waals surface area contributed by atoms with Crippen LogP contribution in [0.4, 0.5) is 0 Å². The van der Waals surface area contributed by atoms with Crippen molar-refractivity contribution in [3.63, 3.8) is 0 Å². The molecule has 6 heteroatoms. The Bertz CT molecular complexity index is 685. The van der Waals surface area contributed by atoms with E-state index in [4.69, 9.17) is 5.73 Å². The second-order valence-electron chi connectivity index (χ2n) is 5.05. The van der Waals surface area contributed by atoms with Crippen LogP contribution in [0.2, 0.25) is 0 Å². The van der Waals surface area contributed by atoms with Gasteiger partial charge in [0.2, 0.25) is 11.6 Å². The summed E-state index contributed by atoms with van der Waals surface area (Å²) in [6.07, 6.45) is 1.81. The van der Waals surface area contributed by atoms with Crippen molar-refractivity contribution in [2.75, 3.05) is 0 Å². The number of rotatable bonds is 5. The maximum absolute atomic E-state index is 12.1. The summed E-state index contributed by atoms with van der Waals surface area (Å²) in [5.74, 6) is -2.21. The third-order valence-electron chi connectivity index (χ3n) is 3.32. The van der Waals surface area contributed by atoms with E-state index >= 15 is 0 Å². The molecule has 1 aliphatic rings. The summed E-state index contributed by atoms with van der Waals surface area (Å²) in [4.78, 5) is 34.4. The summed E-state index contributed by atoms with van der Waals surface area (Å²) in [6, 6.07) is 5.49. The van der Waals surface area contributed by atoms with Crippen LogP contribution in [0.5, 0.6) is 5.75 Å². The smallest absolute Gasteiger partial charge is 0.229 e. The lowest BCUT2D eigenvalue weighted by Crippen LogP contribution is -2.33. The molecule has 6 nitrogen and oxygen atoms in total. The van der Waals surface area contributed by atoms with Crippen molar-refractivity contribution in [2.24, 2.45) is 5.73 Å². The van der Waals surface area contributed by atoms with Gasteiger partial charge in [0.15, 0.2) is 5.78 Å². The first-order chi connectivity index (χ1) is 10.4. The number of phenols is 1. The average molecular weight is 301 g/mol. The first-order valence-corrected chi connectivity index (χ1v) is 6.63. The number of Topliss-reactive ketones (excluding diaryl/α,β-unsaturated/α-hetero) is 1. The number of nitrogens with two attached hydrogens (primary N) is 1. The van der Waals surface area contributed by atoms with Gasteiger partial charge in [-0.05, 0) is 30.2 Å². The molecule has 114 valence electrons. The highest BCUT2D eigenvalue weighted by atomic mass is 16.3. The van der Waals surface area contributed by atoms with Gasteiger partial charge in [0.1, 0.15) is 11.5 Å². The summed E-state index contributed by atoms with van der Waals surface area (Å²) < 4.78 is 0. The molecule has 0 saturated carbocycles. The van der Waals surface area contributed by atoms with Gasteiger partial charge in [-0.15, -0.1) is 0 Å². The second kappa shape index (κ2) is 6.36. The number of aliphatic hydroxyl groups excluding tert-OH is 1. The summed E-state index contributed by atoms with van der Waals surface area (Å²) >= 11 is 0. The fraction of sp³-hybridized carbons (Fsp3) is 0.188. The predicted molar refractivity (Wildman–Crippen MR) is 78.2 cm³/mol. The topological polar surface area (TPSA) is 118 Å². The highest BCUT2D eigenvalue weighted by Gasteiger charge is 2.23. The number of hydrogen-bond donors (Lipinski definition) is 3. The SMILES string of the molecule is N[C@@H](Cc1ccc(O)cc1)C(=O)CC1=CC(=O)C(=O)C=C1O. The first kappa shape index (κ1) is 15.7. The quantitative estimate of drug-likeness (QED) is 0.545. The third kappa shape index (κ3) is 3.67. The van der Waals surface area contributed by atoms with Gasteiger partial charge >= 0.3 is 0 Å². The van der Waals surface area contributed by atoms with E-state index in [-0.39, 0.29) is 35.7 Å². The zero-order chi connectivity index (χ0) is 16.3. The van der Waals surface area contributed by atoms with E-state index in [2.05, 4.69) is 0 Å². The Balaban J connectivity index is 2.01. The number of aromatic hydroxyl groups is 1. The van der Waals surface area contributed by atoms with Gasteiger partial charge in [0.25, 0.3) is 0 Å². The number of hydrogen-bond acceptors (Lipinski definition) is 6. The molecule has 0 aromatic heterocycles. The monoisotopic (exact) mass is 301 g/mol. The Hall–Kier alpha value is -2.73. The van der Waals surface area contributed by atoms with Crippen LogP contribution in [0.25, 0.3) is 0 Å². The normalized spacial score (nSPS) is 16.0. The van der Waals surface area contributed by atoms with Crippen LogP contribution in [-0.4, -0.2) is 33.6 Å². The fourth-order valence-corrected chi connectivity index (χ4v) is 2.05. The molecule has 1 aromatic rings. The molecule has 1 aromatic carbocycles. The van der Waals surface area contributed by atoms with E-state index in [1.165, 1.54) is 12.1 Å². The van der Waals surface area contributed by atoms with E-state index < -0.39 is 17.6 Å². The summed E-state index contributed by atoms with van der Waals surface area (Å²) in [5, 5.41) is 18.8. The molecule has 2 rings (SSSR count). The zero-order valence-corrected chi connectivity index (χ0v) is 11.7. The molecular weight excluding hydrogens is 286 g/mol. The molecule has 0 amide bonds. The van der Waals surface area contributed by atoms with Gasteiger partial charge in [0.05, 0.1) is 6.04 Å². The largest absolute Gasteiger partial charge is 0.508 e. The number of phenolic OH excluding ortho intramolecular Hbond substituents is 1. The Labute approximate surface area is 126 Å². The van der Waals surface area contributed by atoms with E-state index in [9.17, 15) is 24.6 Å². The minimum Gasteiger partial charge on any atom is -0.508 e. The van der Waals surface area contributed by atoms with E-state index in [1.54, 1.807) is 12.1 Å². The maximum Gasteiger partial charge on any atom is 0.229 e. The van der Waals surface area contributed by atoms with Crippen molar-refractivity contribution in [3.8, 4) is 5.75 Å². The Morgan fingerprint density at radius 3 is 2.27 bits per heavy atom. The Morgan fingerprint density at radius 2 is 1.64 bits per heavy atom. The highest BCUT2D eigenvalue weighted by molar-refractivity contribution is 6.46. The number of ketones is 3. The van der Waals surface area contributed by atoms with Crippen molar-refractivity contribution >= 4 is 17.3 Å². The van der Waals surface area contributed by atoms with Crippen LogP contribution in [0.15, 0.2) is 47.7 Å². The van der Waals surface area contributed by atoms with E-state index in [0.717, 1.165) is 17.7 Å². The minimum atomic E-state index is -0.818. The molecule has 1 atom stereocenters. The Kier molecular flexibility index (Phi) is 4.53. The predicted octanol–water partition coefficient (Wildman–Crippen LogP) is 0.741. The first-order valence-electron chi connectivity index (χ1n) is 6.63. The molecule has 1 aliphatic carbocycles. The van der Waals surface area contributed by atoms with E-state index in [1.807, 2.05) is 0 Å². The average Bonchev–Trinajstić information content (AvgIpc) is 2.47. The van der Waals surface area contributed by atoms with Gasteiger partial charge in [0, 0.05) is 18.1 Å². The molecule has 0 spiro atoms. The molecule has 0 saturated heterocycles. The number of carbonyl (C=O) groups is 3. The van der Waals surface area contributed by atoms with Gasteiger partial charge in [-0.3, -0.25) is 14.4 Å². The van der Waals surface area contributed by atoms with Crippen LogP contribution in [0.3, 0.4) is 0 Å². The maximum atomic E-state index is 12.1. The van der Waals surface area contributed by atoms with Crippen molar-refractivity contribution in [1.29, 1.82) is 0 Å². The lowest BCUT2D eigenvalue weighted by molar-refractivity contribution is -0.131. The van der Waals surface area contributed by atoms with Crippen LogP contribution in [-0.2, 0) is 20.8 Å². The van der Waals surface area contributed by atoms with Crippen molar-refractivity contribution < 1.29 is 24.6 Å². The van der Waals surface area contributed by atoms with Crippen LogP contribution in [0.1, 0.15) is 12.0 Å². The number of carbonyl (C=O) groups excluding carboxylic acids is 3. The fourth-order valence-electron chi connectivity index (χ4n) is 2.05. The molecule has 0 heterocycles. The standard InChI is InChI=1S/C16H15NO5/c17-12(5-9-1-3-11(18)4-2-9)14(20)6-10-7-15(21)16(22)8-13(10)19/h1-4,7-8,12,18-19H,5-6,17H2/t12-/m0/s1. The van der Waals surface area contributed by atoms with E-state index in [0.29, 0.717) is 0 Å². The Morgan fingerprint density at radius 1 is 1.05 bits per heavy atom. The molecule has 4 N–H and O–H groups in total. The molecule has 22 heavy (non-hydrogen) atoms. The van der Waals surface area contributed by atoms with Gasteiger partial charge in [-0.1, -0.05) is 12.1 Å². The zero-order valence-electron chi connectivity index (χ0n) is 11.7. The number of aliphatic hydroxyl groups is 1. The van der Waals surface area contributed by atoms with Gasteiger partial charge in [-0.2, -0.15) is 0 Å². The lowest BCUT2D eigenvalue weighted by atomic mass is 9.94. The number of benzene rings is 1.